The summed E-state index contributed by atoms with van der Waals surface area (Å²) in [6, 6.07) is 80.0. The maximum absolute atomic E-state index is 4.64. The van der Waals surface area contributed by atoms with Gasteiger partial charge in [-0.1, -0.05) is 127 Å². The molecule has 0 saturated heterocycles. The van der Waals surface area contributed by atoms with Crippen molar-refractivity contribution in [3.05, 3.63) is 255 Å². The molecule has 0 N–H and O–H groups in total. The van der Waals surface area contributed by atoms with Crippen LogP contribution in [0.2, 0.25) is 0 Å². The van der Waals surface area contributed by atoms with Crippen LogP contribution in [0.5, 0.6) is 0 Å². The van der Waals surface area contributed by atoms with Crippen LogP contribution in [0.15, 0.2) is 219 Å². The molecule has 0 spiro atoms. The quantitative estimate of drug-likeness (QED) is 0.118. The number of fused-ring (bicyclic) bond motifs is 1. The molecule has 7 heteroatoms. The number of hydrogen-bond acceptors (Lipinski definition) is 4. The average molecular weight is 930 g/mol. The van der Waals surface area contributed by atoms with E-state index in [2.05, 4.69) is 199 Å². The Balaban J connectivity index is 0.000000133. The molecule has 1 radical (unpaired) electrons. The summed E-state index contributed by atoms with van der Waals surface area (Å²) in [6.07, 6.45) is 3.92. The van der Waals surface area contributed by atoms with Gasteiger partial charge in [0.2, 0.25) is 0 Å². The Bertz CT molecular complexity index is 3040. The third-order valence-electron chi connectivity index (χ3n) is 11.1. The van der Waals surface area contributed by atoms with Gasteiger partial charge in [0.25, 0.3) is 0 Å². The van der Waals surface area contributed by atoms with E-state index in [4.69, 9.17) is 0 Å². The summed E-state index contributed by atoms with van der Waals surface area (Å²) in [4.78, 5) is 4.32. The Hall–Kier alpha value is -7.60. The second-order valence-corrected chi connectivity index (χ2v) is 15.3. The Morgan fingerprint density at radius 3 is 1.58 bits per heavy atom. The number of para-hydroxylation sites is 4. The van der Waals surface area contributed by atoms with Gasteiger partial charge in [-0.05, 0) is 72.2 Å². The minimum Gasteiger partial charge on any atom is -0.504 e. The third-order valence-corrected chi connectivity index (χ3v) is 11.1. The largest absolute Gasteiger partial charge is 0.504 e. The van der Waals surface area contributed by atoms with Gasteiger partial charge in [-0.2, -0.15) is 83.6 Å². The van der Waals surface area contributed by atoms with Crippen LogP contribution in [0, 0.1) is 38.7 Å². The van der Waals surface area contributed by atoms with E-state index >= 15 is 0 Å². The van der Waals surface area contributed by atoms with E-state index in [1.165, 1.54) is 44.8 Å². The van der Waals surface area contributed by atoms with Crippen molar-refractivity contribution in [1.29, 1.82) is 0 Å². The monoisotopic (exact) mass is 929 g/mol. The van der Waals surface area contributed by atoms with E-state index in [9.17, 15) is 0 Å². The number of anilines is 3. The number of nitrogens with zero attached hydrogens (tertiary/aromatic N) is 6. The van der Waals surface area contributed by atoms with Crippen LogP contribution in [0.4, 0.5) is 17.1 Å². The van der Waals surface area contributed by atoms with Crippen LogP contribution in [0.3, 0.4) is 0 Å². The Morgan fingerprint density at radius 2 is 0.969 bits per heavy atom. The van der Waals surface area contributed by atoms with Gasteiger partial charge in [-0.15, -0.1) is 29.4 Å². The molecule has 1 aliphatic rings. The van der Waals surface area contributed by atoms with Crippen molar-refractivity contribution in [2.75, 3.05) is 16.8 Å². The first-order valence-electron chi connectivity index (χ1n) is 21.3. The molecule has 0 amide bonds. The SMILES string of the molecule is CN1[CH-]N(c2[c-]ccc(-c3ccccc3)c2)c2ccccc21.Cc1nn(-c2[c-]cccc2)c(C)c1-c1ccccc1.[Rh].[c-]1ccccc1-n1cc(-c2ccc(-c3ccccc3)cc2)cn1. The fourth-order valence-electron chi connectivity index (χ4n) is 7.89. The zero-order chi connectivity index (χ0) is 43.7. The second-order valence-electron chi connectivity index (χ2n) is 15.3. The van der Waals surface area contributed by atoms with Crippen LogP contribution < -0.4 is 9.80 Å². The van der Waals surface area contributed by atoms with Gasteiger partial charge in [0, 0.05) is 53.9 Å². The molecule has 0 aliphatic carbocycles. The first kappa shape index (κ1) is 44.0. The van der Waals surface area contributed by atoms with Gasteiger partial charge in [-0.3, -0.25) is 9.36 Å². The van der Waals surface area contributed by atoms with Gasteiger partial charge in [0.05, 0.1) is 11.9 Å². The van der Waals surface area contributed by atoms with E-state index in [-0.39, 0.29) is 19.5 Å². The average Bonchev–Trinajstić information content (AvgIpc) is 4.09. The summed E-state index contributed by atoms with van der Waals surface area (Å²) in [5.41, 5.74) is 17.1. The van der Waals surface area contributed by atoms with Crippen LogP contribution in [-0.2, 0) is 19.5 Å². The van der Waals surface area contributed by atoms with Gasteiger partial charge in [0.15, 0.2) is 0 Å². The molecule has 0 saturated carbocycles. The molecule has 11 rings (SSSR count). The van der Waals surface area contributed by atoms with Gasteiger partial charge < -0.3 is 9.80 Å². The molecule has 1 aliphatic heterocycles. The molecule has 0 bridgehead atoms. The summed E-state index contributed by atoms with van der Waals surface area (Å²) < 4.78 is 3.80. The van der Waals surface area contributed by atoms with Gasteiger partial charge >= 0.3 is 0 Å². The maximum Gasteiger partial charge on any atom is 0.0678 e. The number of aromatic nitrogens is 4. The molecule has 6 nitrogen and oxygen atoms in total. The fourth-order valence-corrected chi connectivity index (χ4v) is 7.89. The number of aryl methyl sites for hydroxylation is 1. The molecule has 8 aromatic carbocycles. The first-order valence-corrected chi connectivity index (χ1v) is 21.3. The van der Waals surface area contributed by atoms with E-state index in [1.54, 1.807) is 0 Å². The molecule has 2 aromatic heterocycles. The summed E-state index contributed by atoms with van der Waals surface area (Å²) >= 11 is 0. The maximum atomic E-state index is 4.64. The Morgan fingerprint density at radius 1 is 0.462 bits per heavy atom. The van der Waals surface area contributed by atoms with Crippen LogP contribution in [-0.4, -0.2) is 26.6 Å². The smallest absolute Gasteiger partial charge is 0.0678 e. The van der Waals surface area contributed by atoms with E-state index in [0.29, 0.717) is 0 Å². The molecular formula is C58H46N6Rh-4. The minimum atomic E-state index is 0. The van der Waals surface area contributed by atoms with Crippen molar-refractivity contribution in [3.8, 4) is 55.9 Å². The zero-order valence-electron chi connectivity index (χ0n) is 36.4. The minimum absolute atomic E-state index is 0. The molecule has 0 fully saturated rings. The topological polar surface area (TPSA) is 42.1 Å². The van der Waals surface area contributed by atoms with E-state index in [0.717, 1.165) is 39.6 Å². The summed E-state index contributed by atoms with van der Waals surface area (Å²) in [6.45, 7) is 6.25. The Labute approximate surface area is 395 Å². The predicted octanol–water partition coefficient (Wildman–Crippen LogP) is 13.8. The van der Waals surface area contributed by atoms with Crippen LogP contribution in [0.1, 0.15) is 11.4 Å². The standard InChI is InChI=1S/C21H15N2.C20H16N2.C17H15N2.Rh/c1-3-7-17(8-4-1)18-11-13-19(14-12-18)20-15-22-23(16-20)21-9-5-2-6-10-21;1-21-15-22(20-13-6-5-12-19(20)21)18-11-7-10-17(14-18)16-8-3-2-4-9-16;1-13-17(15-9-5-3-6-10-15)14(2)19(18-13)16-11-7-4-8-12-16;/h1-9,11-16H;2-10,12-15H,1H3;3-11H,1-2H3;/q-1;-2;-1;. The summed E-state index contributed by atoms with van der Waals surface area (Å²) in [5.74, 6) is 0. The normalized spacial score (nSPS) is 11.4. The zero-order valence-corrected chi connectivity index (χ0v) is 38.0. The second kappa shape index (κ2) is 20.7. The predicted molar refractivity (Wildman–Crippen MR) is 263 cm³/mol. The van der Waals surface area contributed by atoms with Crippen molar-refractivity contribution in [2.24, 2.45) is 0 Å². The van der Waals surface area contributed by atoms with Crippen molar-refractivity contribution >= 4 is 17.1 Å². The third kappa shape index (κ3) is 10.1. The van der Waals surface area contributed by atoms with Crippen LogP contribution in [0.25, 0.3) is 55.9 Å². The van der Waals surface area contributed by atoms with Crippen molar-refractivity contribution in [2.45, 2.75) is 13.8 Å². The first-order chi connectivity index (χ1) is 31.5. The molecule has 10 aromatic rings. The van der Waals surface area contributed by atoms with Gasteiger partial charge in [-0.25, -0.2) is 0 Å². The van der Waals surface area contributed by atoms with Crippen molar-refractivity contribution in [3.63, 3.8) is 0 Å². The Kier molecular flexibility index (Phi) is 14.0. The number of benzene rings is 8. The molecular weight excluding hydrogens is 884 g/mol. The van der Waals surface area contributed by atoms with Crippen molar-refractivity contribution < 1.29 is 19.5 Å². The molecule has 65 heavy (non-hydrogen) atoms. The van der Waals surface area contributed by atoms with Crippen LogP contribution >= 0.6 is 0 Å². The fraction of sp³-hybridized carbons (Fsp3) is 0.0517. The summed E-state index contributed by atoms with van der Waals surface area (Å²) in [7, 11) is 2.07. The molecule has 0 atom stereocenters. The summed E-state index contributed by atoms with van der Waals surface area (Å²) in [5, 5.41) is 9.07. The molecule has 321 valence electrons. The van der Waals surface area contributed by atoms with E-state index < -0.39 is 0 Å². The van der Waals surface area contributed by atoms with E-state index in [1.807, 2.05) is 94.6 Å². The molecule has 3 heterocycles. The number of rotatable bonds is 7. The van der Waals surface area contributed by atoms with Crippen molar-refractivity contribution in [1.82, 2.24) is 19.6 Å². The molecule has 0 unspecified atom stereocenters. The van der Waals surface area contributed by atoms with Gasteiger partial charge in [0.1, 0.15) is 0 Å². The number of hydrogen-bond donors (Lipinski definition) is 0.